The van der Waals surface area contributed by atoms with Gasteiger partial charge in [0.2, 0.25) is 0 Å². The first-order valence-corrected chi connectivity index (χ1v) is 2.83. The van der Waals surface area contributed by atoms with Crippen molar-refractivity contribution in [2.75, 3.05) is 0 Å². The Morgan fingerprint density at radius 2 is 2.27 bits per heavy atom. The summed E-state index contributed by atoms with van der Waals surface area (Å²) in [6.07, 6.45) is 0. The van der Waals surface area contributed by atoms with E-state index in [1.54, 1.807) is 19.1 Å². The van der Waals surface area contributed by atoms with Gasteiger partial charge in [0.05, 0.1) is 0 Å². The summed E-state index contributed by atoms with van der Waals surface area (Å²) in [6.45, 7) is 1.81. The van der Waals surface area contributed by atoms with Crippen molar-refractivity contribution in [3.8, 4) is 0 Å². The molecular formula is C7H6KNO2. The Bertz CT molecular complexity index is 262. The molecule has 1 rings (SSSR count). The minimum atomic E-state index is -0.451. The minimum absolute atomic E-state index is 0. The smallest absolute Gasteiger partial charge is 0.260 e. The number of benzene rings is 1. The number of non-ortho nitro benzene ring substituents is 1. The molecule has 0 aliphatic rings. The molecule has 0 fully saturated rings. The third-order valence-corrected chi connectivity index (χ3v) is 1.14. The van der Waals surface area contributed by atoms with Crippen molar-refractivity contribution >= 4 is 5.69 Å². The van der Waals surface area contributed by atoms with Gasteiger partial charge in [-0.25, -0.2) is 0 Å². The molecule has 52 valence electrons. The summed E-state index contributed by atoms with van der Waals surface area (Å²) < 4.78 is 0. The van der Waals surface area contributed by atoms with Gasteiger partial charge < -0.3 is 0 Å². The quantitative estimate of drug-likeness (QED) is 0.231. The first-order valence-electron chi connectivity index (χ1n) is 2.83. The number of nitro groups is 1. The van der Waals surface area contributed by atoms with Crippen LogP contribution in [-0.4, -0.2) is 4.92 Å². The zero-order valence-corrected chi connectivity index (χ0v) is 9.62. The molecule has 0 atom stereocenters. The molecule has 3 nitrogen and oxygen atoms in total. The van der Waals surface area contributed by atoms with Crippen molar-refractivity contribution < 1.29 is 56.3 Å². The van der Waals surface area contributed by atoms with Crippen LogP contribution >= 0.6 is 0 Å². The molecule has 0 saturated heterocycles. The largest absolute Gasteiger partial charge is 1.00 e. The fourth-order valence-corrected chi connectivity index (χ4v) is 0.669. The van der Waals surface area contributed by atoms with Crippen molar-refractivity contribution in [1.82, 2.24) is 0 Å². The summed E-state index contributed by atoms with van der Waals surface area (Å²) in [5, 5.41) is 10.1. The van der Waals surface area contributed by atoms with Crippen LogP contribution in [0.1, 0.15) is 5.56 Å². The predicted molar refractivity (Wildman–Crippen MR) is 36.7 cm³/mol. The summed E-state index contributed by atoms with van der Waals surface area (Å²) in [7, 11) is 0. The van der Waals surface area contributed by atoms with Gasteiger partial charge in [-0.1, -0.05) is 13.0 Å². The second-order valence-electron chi connectivity index (χ2n) is 2.01. The van der Waals surface area contributed by atoms with Crippen LogP contribution in [0.25, 0.3) is 0 Å². The Labute approximate surface area is 107 Å². The van der Waals surface area contributed by atoms with E-state index in [9.17, 15) is 10.1 Å². The van der Waals surface area contributed by atoms with Gasteiger partial charge in [-0.05, 0) is 0 Å². The maximum atomic E-state index is 10.1. The van der Waals surface area contributed by atoms with Crippen LogP contribution < -0.4 is 51.4 Å². The Kier molecular flexibility index (Phi) is 5.12. The van der Waals surface area contributed by atoms with Crippen LogP contribution in [0.5, 0.6) is 0 Å². The topological polar surface area (TPSA) is 43.1 Å². The van der Waals surface area contributed by atoms with Gasteiger partial charge in [-0.3, -0.25) is 10.1 Å². The first-order chi connectivity index (χ1) is 4.70. The van der Waals surface area contributed by atoms with Crippen LogP contribution in [0.3, 0.4) is 0 Å². The monoisotopic (exact) mass is 175 g/mol. The minimum Gasteiger partial charge on any atom is -0.260 e. The third kappa shape index (κ3) is 3.44. The second-order valence-corrected chi connectivity index (χ2v) is 2.01. The van der Waals surface area contributed by atoms with Crippen LogP contribution in [0.4, 0.5) is 5.69 Å². The van der Waals surface area contributed by atoms with Crippen LogP contribution in [0.15, 0.2) is 18.2 Å². The molecule has 0 spiro atoms. The molecule has 0 radical (unpaired) electrons. The molecule has 0 amide bonds. The van der Waals surface area contributed by atoms with E-state index in [2.05, 4.69) is 6.07 Å². The molecule has 0 aliphatic carbocycles. The SMILES string of the molecule is Cc1cc[c-]c([N+](=O)[O-])c1.[K+]. The predicted octanol–water partition coefficient (Wildman–Crippen LogP) is -1.29. The van der Waals surface area contributed by atoms with Crippen molar-refractivity contribution in [2.24, 2.45) is 0 Å². The fraction of sp³-hybridized carbons (Fsp3) is 0.143. The van der Waals surface area contributed by atoms with Gasteiger partial charge in [-0.2, -0.15) is 17.7 Å². The summed E-state index contributed by atoms with van der Waals surface area (Å²) in [6, 6.07) is 7.32. The summed E-state index contributed by atoms with van der Waals surface area (Å²) in [5.74, 6) is 0. The Morgan fingerprint density at radius 3 is 2.64 bits per heavy atom. The molecule has 0 aromatic heterocycles. The van der Waals surface area contributed by atoms with Gasteiger partial charge in [0.1, 0.15) is 0 Å². The normalized spacial score (nSPS) is 8.45. The van der Waals surface area contributed by atoms with Crippen molar-refractivity contribution in [3.63, 3.8) is 0 Å². The van der Waals surface area contributed by atoms with Crippen LogP contribution in [0.2, 0.25) is 0 Å². The zero-order chi connectivity index (χ0) is 7.56. The average molecular weight is 175 g/mol. The van der Waals surface area contributed by atoms with Crippen LogP contribution in [0, 0.1) is 23.1 Å². The maximum Gasteiger partial charge on any atom is 1.00 e. The molecule has 0 aliphatic heterocycles. The maximum absolute atomic E-state index is 10.1. The van der Waals surface area contributed by atoms with E-state index >= 15 is 0 Å². The number of aryl methyl sites for hydroxylation is 1. The average Bonchev–Trinajstić information content (AvgIpc) is 1.88. The van der Waals surface area contributed by atoms with Gasteiger partial charge in [-0.15, -0.1) is 6.07 Å². The van der Waals surface area contributed by atoms with Crippen molar-refractivity contribution in [3.05, 3.63) is 39.9 Å². The summed E-state index contributed by atoms with van der Waals surface area (Å²) >= 11 is 0. The molecule has 1 aromatic rings. The number of nitro benzene ring substituents is 1. The molecular weight excluding hydrogens is 169 g/mol. The molecule has 0 unspecified atom stereocenters. The van der Waals surface area contributed by atoms with E-state index < -0.39 is 4.92 Å². The number of hydrogen-bond acceptors (Lipinski definition) is 2. The molecule has 0 heterocycles. The van der Waals surface area contributed by atoms with Gasteiger partial charge in [0.25, 0.3) is 0 Å². The molecule has 4 heteroatoms. The van der Waals surface area contributed by atoms with E-state index in [4.69, 9.17) is 0 Å². The van der Waals surface area contributed by atoms with E-state index in [0.29, 0.717) is 0 Å². The first kappa shape index (κ1) is 11.3. The van der Waals surface area contributed by atoms with E-state index in [1.807, 2.05) is 0 Å². The molecule has 0 saturated carbocycles. The second kappa shape index (κ2) is 5.00. The summed E-state index contributed by atoms with van der Waals surface area (Å²) in [4.78, 5) is 9.68. The van der Waals surface area contributed by atoms with E-state index in [-0.39, 0.29) is 57.1 Å². The molecule has 0 N–H and O–H groups in total. The van der Waals surface area contributed by atoms with Gasteiger partial charge in [0.15, 0.2) is 5.69 Å². The number of rotatable bonds is 1. The number of nitrogens with zero attached hydrogens (tertiary/aromatic N) is 1. The van der Waals surface area contributed by atoms with Crippen molar-refractivity contribution in [1.29, 1.82) is 0 Å². The standard InChI is InChI=1S/C7H6NO2.K/c1-6-3-2-4-7(5-6)8(9)10;/h2-3,5H,1H3;/q-1;+1. The third-order valence-electron chi connectivity index (χ3n) is 1.14. The molecule has 0 bridgehead atoms. The Hall–Kier alpha value is 0.256. The Balaban J connectivity index is 0.000001000. The number of hydrogen-bond donors (Lipinski definition) is 0. The van der Waals surface area contributed by atoms with Gasteiger partial charge >= 0.3 is 51.4 Å². The van der Waals surface area contributed by atoms with Gasteiger partial charge in [0, 0.05) is 4.92 Å². The molecule has 1 aromatic carbocycles. The van der Waals surface area contributed by atoms with Crippen molar-refractivity contribution in [2.45, 2.75) is 6.92 Å². The zero-order valence-electron chi connectivity index (χ0n) is 6.50. The van der Waals surface area contributed by atoms with E-state index in [1.165, 1.54) is 6.07 Å². The van der Waals surface area contributed by atoms with Crippen LogP contribution in [-0.2, 0) is 0 Å². The summed E-state index contributed by atoms with van der Waals surface area (Å²) in [5.41, 5.74) is 0.908. The fourth-order valence-electron chi connectivity index (χ4n) is 0.669. The molecule has 11 heavy (non-hydrogen) atoms. The Morgan fingerprint density at radius 1 is 1.64 bits per heavy atom. The van der Waals surface area contributed by atoms with E-state index in [0.717, 1.165) is 5.56 Å².